The summed E-state index contributed by atoms with van der Waals surface area (Å²) in [5, 5.41) is 5.45. The van der Waals surface area contributed by atoms with Crippen LogP contribution in [0.2, 0.25) is 0 Å². The van der Waals surface area contributed by atoms with Crippen molar-refractivity contribution in [1.29, 1.82) is 0 Å². The molecular formula is C18H21N3O2. The van der Waals surface area contributed by atoms with Gasteiger partial charge >= 0.3 is 0 Å². The Labute approximate surface area is 136 Å². The Kier molecular flexibility index (Phi) is 5.88. The molecule has 0 saturated carbocycles. The van der Waals surface area contributed by atoms with Gasteiger partial charge in [-0.05, 0) is 36.9 Å². The third-order valence-electron chi connectivity index (χ3n) is 3.37. The van der Waals surface area contributed by atoms with Crippen LogP contribution in [0.15, 0.2) is 54.6 Å². The van der Waals surface area contributed by atoms with Gasteiger partial charge in [0.15, 0.2) is 0 Å². The summed E-state index contributed by atoms with van der Waals surface area (Å²) in [5.74, 6) is -0.159. The van der Waals surface area contributed by atoms with E-state index in [4.69, 9.17) is 0 Å². The monoisotopic (exact) mass is 311 g/mol. The van der Waals surface area contributed by atoms with Crippen molar-refractivity contribution in [3.63, 3.8) is 0 Å². The van der Waals surface area contributed by atoms with E-state index in [2.05, 4.69) is 10.6 Å². The molecule has 120 valence electrons. The normalized spacial score (nSPS) is 10.4. The van der Waals surface area contributed by atoms with Gasteiger partial charge in [-0.2, -0.15) is 0 Å². The zero-order valence-electron chi connectivity index (χ0n) is 13.4. The maximum Gasteiger partial charge on any atom is 0.251 e. The molecule has 0 radical (unpaired) electrons. The van der Waals surface area contributed by atoms with Crippen LogP contribution in [0.3, 0.4) is 0 Å². The van der Waals surface area contributed by atoms with Crippen LogP contribution in [-0.4, -0.2) is 37.4 Å². The first kappa shape index (κ1) is 16.7. The third-order valence-corrected chi connectivity index (χ3v) is 3.37. The summed E-state index contributed by atoms with van der Waals surface area (Å²) in [6.45, 7) is 0.933. The van der Waals surface area contributed by atoms with E-state index in [0.717, 1.165) is 11.3 Å². The molecule has 5 heteroatoms. The van der Waals surface area contributed by atoms with Crippen LogP contribution in [0.1, 0.15) is 15.9 Å². The molecular weight excluding hydrogens is 290 g/mol. The predicted molar refractivity (Wildman–Crippen MR) is 91.2 cm³/mol. The Morgan fingerprint density at radius 2 is 1.65 bits per heavy atom. The highest BCUT2D eigenvalue weighted by Crippen LogP contribution is 2.08. The van der Waals surface area contributed by atoms with Crippen molar-refractivity contribution in [2.24, 2.45) is 0 Å². The van der Waals surface area contributed by atoms with E-state index in [1.807, 2.05) is 54.4 Å². The Bertz CT molecular complexity index is 654. The van der Waals surface area contributed by atoms with Gasteiger partial charge in [-0.25, -0.2) is 0 Å². The van der Waals surface area contributed by atoms with E-state index in [1.165, 1.54) is 0 Å². The minimum atomic E-state index is -0.104. The molecule has 0 spiro atoms. The molecule has 2 aromatic rings. The Hall–Kier alpha value is -2.66. The maximum atomic E-state index is 12.0. The highest BCUT2D eigenvalue weighted by Gasteiger charge is 2.08. The number of benzene rings is 2. The topological polar surface area (TPSA) is 61.4 Å². The second-order valence-electron chi connectivity index (χ2n) is 5.36. The second kappa shape index (κ2) is 8.10. The van der Waals surface area contributed by atoms with E-state index in [0.29, 0.717) is 18.7 Å². The summed E-state index contributed by atoms with van der Waals surface area (Å²) >= 11 is 0. The molecule has 23 heavy (non-hydrogen) atoms. The standard InChI is InChI=1S/C18H21N3O2/c1-19-18(23)15-10-8-14(9-11-15)12-21(2)13-17(22)20-16-6-4-3-5-7-16/h3-11H,12-13H2,1-2H3,(H,19,23)(H,20,22). The first-order valence-corrected chi connectivity index (χ1v) is 7.43. The zero-order valence-corrected chi connectivity index (χ0v) is 13.4. The molecule has 5 nitrogen and oxygen atoms in total. The lowest BCUT2D eigenvalue weighted by atomic mass is 10.1. The molecule has 0 unspecified atom stereocenters. The highest BCUT2D eigenvalue weighted by molar-refractivity contribution is 5.94. The molecule has 2 aromatic carbocycles. The average molecular weight is 311 g/mol. The fourth-order valence-corrected chi connectivity index (χ4v) is 2.24. The van der Waals surface area contributed by atoms with E-state index in [1.54, 1.807) is 19.2 Å². The molecule has 0 aliphatic heterocycles. The van der Waals surface area contributed by atoms with E-state index < -0.39 is 0 Å². The van der Waals surface area contributed by atoms with Crippen molar-refractivity contribution in [1.82, 2.24) is 10.2 Å². The van der Waals surface area contributed by atoms with Gasteiger partial charge in [0.2, 0.25) is 5.91 Å². The van der Waals surface area contributed by atoms with Gasteiger partial charge in [0, 0.05) is 24.8 Å². The lowest BCUT2D eigenvalue weighted by Gasteiger charge is -2.16. The van der Waals surface area contributed by atoms with Crippen LogP contribution < -0.4 is 10.6 Å². The number of carbonyl (C=O) groups is 2. The molecule has 0 aliphatic rings. The Morgan fingerprint density at radius 1 is 1.00 bits per heavy atom. The molecule has 0 heterocycles. The number of nitrogens with one attached hydrogen (secondary N) is 2. The lowest BCUT2D eigenvalue weighted by molar-refractivity contribution is -0.117. The van der Waals surface area contributed by atoms with Gasteiger partial charge in [-0.15, -0.1) is 0 Å². The van der Waals surface area contributed by atoms with E-state index in [-0.39, 0.29) is 11.8 Å². The lowest BCUT2D eigenvalue weighted by Crippen LogP contribution is -2.29. The van der Waals surface area contributed by atoms with Crippen LogP contribution in [0.25, 0.3) is 0 Å². The van der Waals surface area contributed by atoms with E-state index >= 15 is 0 Å². The summed E-state index contributed by atoms with van der Waals surface area (Å²) in [6, 6.07) is 16.8. The third kappa shape index (κ3) is 5.23. The number of amides is 2. The molecule has 2 rings (SSSR count). The fraction of sp³-hybridized carbons (Fsp3) is 0.222. The fourth-order valence-electron chi connectivity index (χ4n) is 2.24. The van der Waals surface area contributed by atoms with Gasteiger partial charge in [-0.3, -0.25) is 14.5 Å². The van der Waals surface area contributed by atoms with Crippen molar-refractivity contribution in [3.05, 3.63) is 65.7 Å². The zero-order chi connectivity index (χ0) is 16.7. The van der Waals surface area contributed by atoms with Gasteiger partial charge in [0.1, 0.15) is 0 Å². The van der Waals surface area contributed by atoms with Crippen LogP contribution in [0, 0.1) is 0 Å². The van der Waals surface area contributed by atoms with E-state index in [9.17, 15) is 9.59 Å². The molecule has 0 bridgehead atoms. The summed E-state index contributed by atoms with van der Waals surface area (Å²) in [4.78, 5) is 25.4. The number of nitrogens with zero attached hydrogens (tertiary/aromatic N) is 1. The summed E-state index contributed by atoms with van der Waals surface area (Å²) in [7, 11) is 3.49. The molecule has 0 saturated heterocycles. The van der Waals surface area contributed by atoms with Crippen LogP contribution >= 0.6 is 0 Å². The summed E-state index contributed by atoms with van der Waals surface area (Å²) in [5.41, 5.74) is 2.47. The van der Waals surface area contributed by atoms with Crippen molar-refractivity contribution < 1.29 is 9.59 Å². The number of anilines is 1. The minimum Gasteiger partial charge on any atom is -0.355 e. The SMILES string of the molecule is CNC(=O)c1ccc(CN(C)CC(=O)Nc2ccccc2)cc1. The minimum absolute atomic E-state index is 0.0549. The van der Waals surface area contributed by atoms with Crippen molar-refractivity contribution in [3.8, 4) is 0 Å². The summed E-state index contributed by atoms with van der Waals surface area (Å²) < 4.78 is 0. The molecule has 2 N–H and O–H groups in total. The van der Waals surface area contributed by atoms with Gasteiger partial charge < -0.3 is 10.6 Å². The summed E-state index contributed by atoms with van der Waals surface area (Å²) in [6.07, 6.45) is 0. The van der Waals surface area contributed by atoms with Gasteiger partial charge in [-0.1, -0.05) is 30.3 Å². The number of hydrogen-bond donors (Lipinski definition) is 2. The van der Waals surface area contributed by atoms with Crippen LogP contribution in [0.5, 0.6) is 0 Å². The number of para-hydroxylation sites is 1. The number of hydrogen-bond acceptors (Lipinski definition) is 3. The molecule has 0 aliphatic carbocycles. The Morgan fingerprint density at radius 3 is 2.26 bits per heavy atom. The molecule has 0 atom stereocenters. The Balaban J connectivity index is 1.85. The van der Waals surface area contributed by atoms with Crippen molar-refractivity contribution in [2.45, 2.75) is 6.54 Å². The number of likely N-dealkylation sites (N-methyl/N-ethyl adjacent to an activating group) is 1. The molecule has 0 fully saturated rings. The van der Waals surface area contributed by atoms with Gasteiger partial charge in [0.05, 0.1) is 6.54 Å². The first-order valence-electron chi connectivity index (χ1n) is 7.43. The predicted octanol–water partition coefficient (Wildman–Crippen LogP) is 2.12. The van der Waals surface area contributed by atoms with Crippen LogP contribution in [-0.2, 0) is 11.3 Å². The molecule has 2 amide bonds. The number of rotatable bonds is 6. The number of carbonyl (C=O) groups excluding carboxylic acids is 2. The first-order chi connectivity index (χ1) is 11.1. The molecule has 0 aromatic heterocycles. The van der Waals surface area contributed by atoms with Crippen LogP contribution in [0.4, 0.5) is 5.69 Å². The largest absolute Gasteiger partial charge is 0.355 e. The quantitative estimate of drug-likeness (QED) is 0.859. The second-order valence-corrected chi connectivity index (χ2v) is 5.36. The van der Waals surface area contributed by atoms with Gasteiger partial charge in [0.25, 0.3) is 5.91 Å². The maximum absolute atomic E-state index is 12.0. The van der Waals surface area contributed by atoms with Crippen molar-refractivity contribution >= 4 is 17.5 Å². The average Bonchev–Trinajstić information content (AvgIpc) is 2.55. The highest BCUT2D eigenvalue weighted by atomic mass is 16.2. The smallest absolute Gasteiger partial charge is 0.251 e. The van der Waals surface area contributed by atoms with Crippen molar-refractivity contribution in [2.75, 3.05) is 26.0 Å².